The van der Waals surface area contributed by atoms with Gasteiger partial charge in [-0.05, 0) is 51.5 Å². The van der Waals surface area contributed by atoms with Gasteiger partial charge in [-0.25, -0.2) is 0 Å². The van der Waals surface area contributed by atoms with E-state index in [1.165, 1.54) is 77.2 Å². The van der Waals surface area contributed by atoms with Crippen molar-refractivity contribution in [2.24, 2.45) is 5.41 Å². The maximum atomic E-state index is 6.44. The molecule has 2 heteroatoms. The molecule has 0 aromatic rings. The van der Waals surface area contributed by atoms with Crippen molar-refractivity contribution in [1.82, 2.24) is 5.32 Å². The predicted octanol–water partition coefficient (Wildman–Crippen LogP) is 4.04. The highest BCUT2D eigenvalue weighted by Gasteiger charge is 2.55. The van der Waals surface area contributed by atoms with Gasteiger partial charge in [0, 0.05) is 11.5 Å². The topological polar surface area (TPSA) is 21.3 Å². The van der Waals surface area contributed by atoms with Crippen molar-refractivity contribution in [2.45, 2.75) is 95.8 Å². The van der Waals surface area contributed by atoms with Crippen LogP contribution in [0, 0.1) is 5.41 Å². The van der Waals surface area contributed by atoms with Gasteiger partial charge in [-0.3, -0.25) is 0 Å². The molecule has 0 radical (unpaired) electrons. The lowest BCUT2D eigenvalue weighted by atomic mass is 9.57. The molecular formula is C17H31NO. The van der Waals surface area contributed by atoms with Gasteiger partial charge in [0.25, 0.3) is 0 Å². The lowest BCUT2D eigenvalue weighted by molar-refractivity contribution is -0.183. The molecule has 110 valence electrons. The van der Waals surface area contributed by atoms with Crippen molar-refractivity contribution < 1.29 is 4.74 Å². The van der Waals surface area contributed by atoms with Gasteiger partial charge in [0.15, 0.2) is 0 Å². The first-order chi connectivity index (χ1) is 9.35. The van der Waals surface area contributed by atoms with E-state index in [0.29, 0.717) is 17.6 Å². The van der Waals surface area contributed by atoms with E-state index >= 15 is 0 Å². The zero-order valence-electron chi connectivity index (χ0n) is 12.6. The van der Waals surface area contributed by atoms with E-state index in [1.54, 1.807) is 0 Å². The fourth-order valence-electron chi connectivity index (χ4n) is 4.34. The third-order valence-corrected chi connectivity index (χ3v) is 5.87. The third kappa shape index (κ3) is 2.71. The summed E-state index contributed by atoms with van der Waals surface area (Å²) in [6.45, 7) is 3.45. The fourth-order valence-corrected chi connectivity index (χ4v) is 4.34. The average molecular weight is 265 g/mol. The summed E-state index contributed by atoms with van der Waals surface area (Å²) < 4.78 is 6.44. The predicted molar refractivity (Wildman–Crippen MR) is 79.3 cm³/mol. The molecule has 3 rings (SSSR count). The van der Waals surface area contributed by atoms with Crippen LogP contribution in [0.3, 0.4) is 0 Å². The van der Waals surface area contributed by atoms with Gasteiger partial charge in [-0.15, -0.1) is 0 Å². The number of nitrogens with one attached hydrogen (secondary N) is 1. The van der Waals surface area contributed by atoms with Crippen molar-refractivity contribution in [3.63, 3.8) is 0 Å². The van der Waals surface area contributed by atoms with Crippen LogP contribution >= 0.6 is 0 Å². The Balaban J connectivity index is 1.63. The summed E-state index contributed by atoms with van der Waals surface area (Å²) in [6, 6.07) is 0.746. The zero-order chi connectivity index (χ0) is 13.1. The normalized spacial score (nSPS) is 34.6. The highest BCUT2D eigenvalue weighted by Crippen LogP contribution is 2.53. The molecule has 2 nitrogen and oxygen atoms in total. The van der Waals surface area contributed by atoms with Crippen LogP contribution in [0.25, 0.3) is 0 Å². The average Bonchev–Trinajstić information content (AvgIpc) is 2.62. The first-order valence-corrected chi connectivity index (χ1v) is 8.74. The van der Waals surface area contributed by atoms with E-state index in [-0.39, 0.29) is 0 Å². The van der Waals surface area contributed by atoms with Crippen molar-refractivity contribution in [3.05, 3.63) is 0 Å². The van der Waals surface area contributed by atoms with Crippen LogP contribution in [0.5, 0.6) is 0 Å². The second-order valence-corrected chi connectivity index (χ2v) is 7.07. The molecule has 3 saturated carbocycles. The Kier molecular flexibility index (Phi) is 4.48. The third-order valence-electron chi connectivity index (χ3n) is 5.87. The smallest absolute Gasteiger partial charge is 0.0665 e. The Bertz CT molecular complexity index is 279. The summed E-state index contributed by atoms with van der Waals surface area (Å²) in [4.78, 5) is 0. The van der Waals surface area contributed by atoms with Gasteiger partial charge in [0.1, 0.15) is 0 Å². The van der Waals surface area contributed by atoms with Crippen molar-refractivity contribution in [3.8, 4) is 0 Å². The second kappa shape index (κ2) is 6.13. The Morgan fingerprint density at radius 3 is 2.37 bits per heavy atom. The molecule has 2 unspecified atom stereocenters. The Morgan fingerprint density at radius 1 is 1.05 bits per heavy atom. The summed E-state index contributed by atoms with van der Waals surface area (Å²) in [5, 5.41) is 3.82. The summed E-state index contributed by atoms with van der Waals surface area (Å²) in [7, 11) is 0. The van der Waals surface area contributed by atoms with E-state index < -0.39 is 0 Å². The number of ether oxygens (including phenoxy) is 1. The minimum Gasteiger partial charge on any atom is -0.374 e. The van der Waals surface area contributed by atoms with Crippen LogP contribution in [-0.4, -0.2) is 24.8 Å². The van der Waals surface area contributed by atoms with Crippen LogP contribution in [0.2, 0.25) is 0 Å². The van der Waals surface area contributed by atoms with Gasteiger partial charge in [-0.1, -0.05) is 32.6 Å². The lowest BCUT2D eigenvalue weighted by Crippen LogP contribution is -2.64. The van der Waals surface area contributed by atoms with Crippen LogP contribution < -0.4 is 5.32 Å². The summed E-state index contributed by atoms with van der Waals surface area (Å²) in [6.07, 6.45) is 16.3. The molecule has 2 atom stereocenters. The highest BCUT2D eigenvalue weighted by atomic mass is 16.5. The van der Waals surface area contributed by atoms with Crippen LogP contribution in [-0.2, 0) is 4.74 Å². The van der Waals surface area contributed by atoms with E-state index in [1.807, 2.05) is 0 Å². The Morgan fingerprint density at radius 2 is 1.79 bits per heavy atom. The molecular weight excluding hydrogens is 234 g/mol. The first kappa shape index (κ1) is 13.9. The number of hydrogen-bond donors (Lipinski definition) is 1. The van der Waals surface area contributed by atoms with Crippen molar-refractivity contribution >= 4 is 0 Å². The molecule has 0 saturated heterocycles. The molecule has 19 heavy (non-hydrogen) atoms. The largest absolute Gasteiger partial charge is 0.374 e. The minimum absolute atomic E-state index is 0.501. The summed E-state index contributed by atoms with van der Waals surface area (Å²) >= 11 is 0. The molecule has 0 aromatic heterocycles. The van der Waals surface area contributed by atoms with Crippen molar-refractivity contribution in [2.75, 3.05) is 6.54 Å². The molecule has 0 amide bonds. The van der Waals surface area contributed by atoms with Gasteiger partial charge in [0.05, 0.1) is 12.2 Å². The number of rotatable bonds is 5. The molecule has 3 aliphatic carbocycles. The second-order valence-electron chi connectivity index (χ2n) is 7.07. The van der Waals surface area contributed by atoms with Gasteiger partial charge in [-0.2, -0.15) is 0 Å². The van der Waals surface area contributed by atoms with E-state index in [9.17, 15) is 0 Å². The zero-order valence-corrected chi connectivity index (χ0v) is 12.6. The molecule has 3 fully saturated rings. The molecule has 1 N–H and O–H groups in total. The molecule has 0 aliphatic heterocycles. The molecule has 3 aliphatic rings. The maximum Gasteiger partial charge on any atom is 0.0665 e. The van der Waals surface area contributed by atoms with E-state index in [4.69, 9.17) is 4.74 Å². The maximum absolute atomic E-state index is 6.44. The summed E-state index contributed by atoms with van der Waals surface area (Å²) in [5.41, 5.74) is 0.501. The van der Waals surface area contributed by atoms with Crippen molar-refractivity contribution in [1.29, 1.82) is 0 Å². The summed E-state index contributed by atoms with van der Waals surface area (Å²) in [5.74, 6) is 0. The SMILES string of the molecule is CCCNC1CC(OC2CCC2)C12CCCCCC2. The first-order valence-electron chi connectivity index (χ1n) is 8.74. The van der Waals surface area contributed by atoms with Gasteiger partial charge in [0.2, 0.25) is 0 Å². The van der Waals surface area contributed by atoms with E-state index in [2.05, 4.69) is 12.2 Å². The van der Waals surface area contributed by atoms with Gasteiger partial charge < -0.3 is 10.1 Å². The standard InChI is InChI=1S/C17H31NO/c1-2-12-18-15-13-16(19-14-8-7-9-14)17(15)10-5-3-4-6-11-17/h14-16,18H,2-13H2,1H3. The highest BCUT2D eigenvalue weighted by molar-refractivity contribution is 5.08. The Labute approximate surface area is 118 Å². The molecule has 1 spiro atoms. The van der Waals surface area contributed by atoms with Gasteiger partial charge >= 0.3 is 0 Å². The van der Waals surface area contributed by atoms with E-state index in [0.717, 1.165) is 6.04 Å². The minimum atomic E-state index is 0.501. The quantitative estimate of drug-likeness (QED) is 0.810. The van der Waals surface area contributed by atoms with Crippen LogP contribution in [0.15, 0.2) is 0 Å². The van der Waals surface area contributed by atoms with Crippen LogP contribution in [0.4, 0.5) is 0 Å². The van der Waals surface area contributed by atoms with Crippen LogP contribution in [0.1, 0.15) is 77.6 Å². The molecule has 0 bridgehead atoms. The fraction of sp³-hybridized carbons (Fsp3) is 1.00. The molecule has 0 aromatic carbocycles. The molecule has 0 heterocycles. The monoisotopic (exact) mass is 265 g/mol. The Hall–Kier alpha value is -0.0800. The number of hydrogen-bond acceptors (Lipinski definition) is 2. The lowest BCUT2D eigenvalue weighted by Gasteiger charge is -2.57.